The van der Waals surface area contributed by atoms with Crippen LogP contribution in [0.5, 0.6) is 0 Å². The molecule has 26 heavy (non-hydrogen) atoms. The predicted molar refractivity (Wildman–Crippen MR) is 181 cm³/mol. The molecule has 0 spiro atoms. The monoisotopic (exact) mass is 775 g/mol. The molecule has 0 rings (SSSR count). The van der Waals surface area contributed by atoms with Crippen LogP contribution in [0.25, 0.3) is 0 Å². The Balaban J connectivity index is 3.99. The summed E-state index contributed by atoms with van der Waals surface area (Å²) in [5.74, 6) is 0. The fourth-order valence-corrected chi connectivity index (χ4v) is 94.7. The van der Waals surface area contributed by atoms with Crippen LogP contribution in [0.15, 0.2) is 0 Å². The summed E-state index contributed by atoms with van der Waals surface area (Å²) in [7, 11) is 39.2. The molecule has 0 saturated heterocycles. The molecule has 0 fully saturated rings. The first-order valence-corrected chi connectivity index (χ1v) is 44.6. The molecule has 0 aromatic carbocycles. The average molecular weight is 775 g/mol. The van der Waals surface area contributed by atoms with Crippen LogP contribution >= 0.6 is 182 Å². The van der Waals surface area contributed by atoms with E-state index in [4.69, 9.17) is 8.34 Å². The molecule has 0 bridgehead atoms. The summed E-state index contributed by atoms with van der Waals surface area (Å²) >= 11 is 0. The van der Waals surface area contributed by atoms with E-state index in [0.717, 1.165) is 0 Å². The number of hydrogen-bond acceptors (Lipinski definition) is 0. The second kappa shape index (κ2) is 28.8. The fraction of sp³-hybridized carbons (Fsp3) is 1.00. The van der Waals surface area contributed by atoms with E-state index in [-0.39, 0.29) is 14.0 Å². The van der Waals surface area contributed by atoms with Crippen LogP contribution in [0.2, 0.25) is 0 Å². The molecule has 0 aromatic heterocycles. The predicted octanol–water partition coefficient (Wildman–Crippen LogP) is 20.5. The number of hydrogen-bond donors (Lipinski definition) is 0. The van der Waals surface area contributed by atoms with Crippen molar-refractivity contribution in [3.63, 3.8) is 0 Å². The average Bonchev–Trinajstić information content (AvgIpc) is 2.63. The molecule has 136 valence electrons. The Morgan fingerprint density at radius 2 is 0.769 bits per heavy atom. The van der Waals surface area contributed by atoms with Crippen molar-refractivity contribution in [1.29, 1.82) is 0 Å². The molecule has 24 heteroatoms. The third-order valence-corrected chi connectivity index (χ3v) is 78.6. The van der Waals surface area contributed by atoms with Gasteiger partial charge in [-0.3, -0.25) is 0 Å². The summed E-state index contributed by atoms with van der Waals surface area (Å²) in [5, 5.41) is 0. The minimum absolute atomic E-state index is 0.00729. The van der Waals surface area contributed by atoms with E-state index < -0.39 is 0 Å². The van der Waals surface area contributed by atoms with Gasteiger partial charge in [-0.2, -0.15) is 0 Å². The van der Waals surface area contributed by atoms with E-state index in [1.165, 1.54) is 15.1 Å². The van der Waals surface area contributed by atoms with Gasteiger partial charge in [-0.1, -0.05) is 8.93 Å². The SMILES string of the molecule is CP(C)P(#P)P=PP=PP=PP=PP=PP=PP=PP=PP=PP=PP. The fourth-order valence-electron chi connectivity index (χ4n) is 0.443. The van der Waals surface area contributed by atoms with Crippen molar-refractivity contribution in [1.82, 2.24) is 0 Å². The molecule has 0 N–H and O–H groups in total. The smallest absolute Gasteiger partial charge is 0.0774 e. The Bertz CT molecular complexity index is 707. The normalized spacial score (nSPS) is 15.1. The van der Waals surface area contributed by atoms with Gasteiger partial charge in [-0.05, 0) is 68.0 Å². The van der Waals surface area contributed by atoms with Gasteiger partial charge in [-0.25, -0.2) is 0 Å². The van der Waals surface area contributed by atoms with E-state index in [0.29, 0.717) is 0 Å². The molecule has 0 heterocycles. The van der Waals surface area contributed by atoms with Crippen LogP contribution in [-0.4, -0.2) is 13.3 Å². The molecule has 0 aromatic rings. The summed E-state index contributed by atoms with van der Waals surface area (Å²) in [4.78, 5) is 0. The van der Waals surface area contributed by atoms with E-state index >= 15 is 0 Å². The third kappa shape index (κ3) is 27.8. The van der Waals surface area contributed by atoms with Crippen molar-refractivity contribution in [3.8, 4) is 0 Å². The van der Waals surface area contributed by atoms with Gasteiger partial charge in [0.2, 0.25) is 0 Å². The molecule has 0 amide bonds. The topological polar surface area (TPSA) is 0 Å². The van der Waals surface area contributed by atoms with Gasteiger partial charge in [-0.15, -0.1) is 0 Å². The van der Waals surface area contributed by atoms with Gasteiger partial charge in [0, 0.05) is 0 Å². The first-order valence-electron chi connectivity index (χ1n) is 5.55. The molecule has 0 radical (unpaired) electrons. The zero-order valence-corrected chi connectivity index (χ0v) is 34.6. The Hall–Kier alpha value is 7.59. The summed E-state index contributed by atoms with van der Waals surface area (Å²) in [5.41, 5.74) is 0. The van der Waals surface area contributed by atoms with Crippen LogP contribution in [0.1, 0.15) is 0 Å². The number of rotatable bonds is 9. The van der Waals surface area contributed by atoms with Gasteiger partial charge in [0.15, 0.2) is 0 Å². The van der Waals surface area contributed by atoms with Crippen molar-refractivity contribution in [2.75, 3.05) is 13.3 Å². The molecule has 0 aliphatic heterocycles. The summed E-state index contributed by atoms with van der Waals surface area (Å²) in [6.45, 7) is 4.70. The zero-order chi connectivity index (χ0) is 19.3. The summed E-state index contributed by atoms with van der Waals surface area (Å²) in [6, 6.07) is 0. The molecular formula is C2H8P24. The first kappa shape index (κ1) is 33.6. The molecule has 0 saturated carbocycles. The van der Waals surface area contributed by atoms with Gasteiger partial charge in [0.25, 0.3) is 0 Å². The van der Waals surface area contributed by atoms with Crippen LogP contribution in [0.3, 0.4) is 0 Å². The van der Waals surface area contributed by atoms with Crippen LogP contribution < -0.4 is 0 Å². The van der Waals surface area contributed by atoms with Gasteiger partial charge in [0.05, 0.1) is 0 Å². The minimum Gasteiger partial charge on any atom is -0.0774 e. The molecule has 2 unspecified atom stereocenters. The van der Waals surface area contributed by atoms with Crippen molar-refractivity contribution in [2.45, 2.75) is 0 Å². The van der Waals surface area contributed by atoms with Gasteiger partial charge >= 0.3 is 119 Å². The summed E-state index contributed by atoms with van der Waals surface area (Å²) < 4.78 is 0. The van der Waals surface area contributed by atoms with E-state index in [2.05, 4.69) is 22.3 Å². The van der Waals surface area contributed by atoms with Crippen LogP contribution in [0, 0.1) is 0 Å². The van der Waals surface area contributed by atoms with E-state index in [1.807, 2.05) is 0 Å². The molecule has 2 atom stereocenters. The standard InChI is InChI=1S/C2H8P24/c1-25(2)26(4)24-23-22-21-20-19-18-17-16-15-14-13-12-11-10-9-8-7-6-5-3/h3H2,1-2H3. The quantitative estimate of drug-likeness (QED) is 0.205. The molecule has 0 aliphatic carbocycles. The van der Waals surface area contributed by atoms with Gasteiger partial charge < -0.3 is 0 Å². The van der Waals surface area contributed by atoms with Crippen LogP contribution in [0.4, 0.5) is 0 Å². The van der Waals surface area contributed by atoms with Crippen molar-refractivity contribution in [3.05, 3.63) is 0 Å². The maximum atomic E-state index is 4.72. The Kier molecular flexibility index (Phi) is 37.2. The Labute approximate surface area is 193 Å². The summed E-state index contributed by atoms with van der Waals surface area (Å²) in [6.07, 6.45) is 0.00729. The molecular weight excluding hydrogens is 767 g/mol. The maximum absolute atomic E-state index is 4.72. The van der Waals surface area contributed by atoms with Crippen molar-refractivity contribution in [2.24, 2.45) is 0 Å². The van der Waals surface area contributed by atoms with Crippen molar-refractivity contribution < 1.29 is 0 Å². The first-order chi connectivity index (χ1) is 12.7. The third-order valence-electron chi connectivity index (χ3n) is 1.21. The zero-order valence-electron chi connectivity index (χ0n) is 12.9. The minimum atomic E-state index is 0.00729. The van der Waals surface area contributed by atoms with Crippen molar-refractivity contribution >= 4 is 182 Å². The second-order valence-corrected chi connectivity index (χ2v) is 61.2. The molecule has 0 nitrogen and oxygen atoms in total. The van der Waals surface area contributed by atoms with Gasteiger partial charge in [0.1, 0.15) is 0 Å². The Morgan fingerprint density at radius 3 is 1.04 bits per heavy atom. The second-order valence-electron chi connectivity index (χ2n) is 2.93. The van der Waals surface area contributed by atoms with Crippen LogP contribution in [-0.2, 0) is 0 Å². The van der Waals surface area contributed by atoms with E-state index in [1.54, 1.807) is 136 Å². The molecule has 0 aliphatic rings. The Morgan fingerprint density at radius 1 is 0.500 bits per heavy atom. The van der Waals surface area contributed by atoms with E-state index in [9.17, 15) is 0 Å².